The molecule has 0 aromatic heterocycles. The fourth-order valence-electron chi connectivity index (χ4n) is 4.05. The number of carbonyl (C=O) groups is 2. The molecule has 2 amide bonds. The standard InChI is InChI=1S/C24H31N3O4.C2H6/c1-16-6-10-18(11-7-16)25-23(30)26-19-15-17(9-13-22(28)29)8-12-20(19)27-14-4-5-21(27)24(2,3)31;1-2/h6-8,10-12,15,21,31H,4-5,9,13-14H2,1-3H3,(H,28,29)(H2,25,26,30);1-2H3. The third kappa shape index (κ3) is 7.49. The third-order valence-electron chi connectivity index (χ3n) is 5.62. The summed E-state index contributed by atoms with van der Waals surface area (Å²) in [7, 11) is 0. The van der Waals surface area contributed by atoms with Crippen molar-refractivity contribution in [1.82, 2.24) is 0 Å². The van der Waals surface area contributed by atoms with Gasteiger partial charge in [-0.1, -0.05) is 37.6 Å². The topological polar surface area (TPSA) is 102 Å². The van der Waals surface area contributed by atoms with E-state index in [4.69, 9.17) is 5.11 Å². The number of carboxylic acid groups (broad SMARTS) is 1. The zero-order valence-electron chi connectivity index (χ0n) is 20.3. The van der Waals surface area contributed by atoms with Crippen LogP contribution in [0, 0.1) is 6.92 Å². The average molecular weight is 456 g/mol. The number of carboxylic acids is 1. The molecule has 1 unspecified atom stereocenters. The Balaban J connectivity index is 0.00000187. The van der Waals surface area contributed by atoms with Gasteiger partial charge in [0.05, 0.1) is 23.0 Å². The summed E-state index contributed by atoms with van der Waals surface area (Å²) in [5.74, 6) is -0.864. The number of amides is 2. The Morgan fingerprint density at radius 3 is 2.36 bits per heavy atom. The number of aliphatic carboxylic acids is 1. The zero-order chi connectivity index (χ0) is 24.6. The van der Waals surface area contributed by atoms with Gasteiger partial charge in [-0.2, -0.15) is 0 Å². The van der Waals surface area contributed by atoms with Crippen LogP contribution in [0.3, 0.4) is 0 Å². The SMILES string of the molecule is CC.Cc1ccc(NC(=O)Nc2cc(CCC(=O)O)ccc2N2CCCC2C(C)(C)O)cc1. The van der Waals surface area contributed by atoms with Gasteiger partial charge in [-0.25, -0.2) is 4.79 Å². The minimum atomic E-state index is -0.889. The van der Waals surface area contributed by atoms with Crippen molar-refractivity contribution < 1.29 is 19.8 Å². The molecule has 1 atom stereocenters. The molecule has 1 saturated heterocycles. The normalized spacial score (nSPS) is 15.5. The van der Waals surface area contributed by atoms with E-state index < -0.39 is 11.6 Å². The number of aryl methyl sites for hydroxylation is 2. The summed E-state index contributed by atoms with van der Waals surface area (Å²) in [4.78, 5) is 25.8. The van der Waals surface area contributed by atoms with Gasteiger partial charge < -0.3 is 25.7 Å². The van der Waals surface area contributed by atoms with Gasteiger partial charge in [0.15, 0.2) is 0 Å². The summed E-state index contributed by atoms with van der Waals surface area (Å²) in [5.41, 5.74) is 3.15. The molecule has 33 heavy (non-hydrogen) atoms. The van der Waals surface area contributed by atoms with Gasteiger partial charge in [0.1, 0.15) is 0 Å². The van der Waals surface area contributed by atoms with Gasteiger partial charge in [-0.05, 0) is 69.9 Å². The van der Waals surface area contributed by atoms with E-state index >= 15 is 0 Å². The van der Waals surface area contributed by atoms with E-state index in [0.717, 1.165) is 36.2 Å². The van der Waals surface area contributed by atoms with Crippen LogP contribution in [0.4, 0.5) is 21.9 Å². The van der Waals surface area contributed by atoms with Gasteiger partial charge in [-0.15, -0.1) is 0 Å². The van der Waals surface area contributed by atoms with Crippen LogP contribution in [0.1, 0.15) is 58.1 Å². The highest BCUT2D eigenvalue weighted by Crippen LogP contribution is 2.37. The second-order valence-electron chi connectivity index (χ2n) is 8.70. The molecule has 0 radical (unpaired) electrons. The molecular weight excluding hydrogens is 418 g/mol. The second kappa shape index (κ2) is 11.7. The number of nitrogens with zero attached hydrogens (tertiary/aromatic N) is 1. The highest BCUT2D eigenvalue weighted by molar-refractivity contribution is 6.02. The van der Waals surface area contributed by atoms with Crippen molar-refractivity contribution in [3.8, 4) is 0 Å². The first-order valence-corrected chi connectivity index (χ1v) is 11.6. The Morgan fingerprint density at radius 2 is 1.76 bits per heavy atom. The molecule has 1 heterocycles. The fraction of sp³-hybridized carbons (Fsp3) is 0.462. The predicted molar refractivity (Wildman–Crippen MR) is 134 cm³/mol. The van der Waals surface area contributed by atoms with Gasteiger partial charge >= 0.3 is 12.0 Å². The average Bonchev–Trinajstić information content (AvgIpc) is 3.26. The van der Waals surface area contributed by atoms with Crippen molar-refractivity contribution in [2.45, 2.75) is 71.9 Å². The number of hydrogen-bond acceptors (Lipinski definition) is 4. The van der Waals surface area contributed by atoms with Gasteiger partial charge in [-0.3, -0.25) is 4.79 Å². The summed E-state index contributed by atoms with van der Waals surface area (Å²) in [6.45, 7) is 10.4. The van der Waals surface area contributed by atoms with Crippen molar-refractivity contribution >= 4 is 29.1 Å². The molecule has 0 spiro atoms. The molecule has 1 fully saturated rings. The van der Waals surface area contributed by atoms with Crippen molar-refractivity contribution in [1.29, 1.82) is 0 Å². The van der Waals surface area contributed by atoms with Crippen LogP contribution in [-0.2, 0) is 11.2 Å². The Labute approximate surface area is 196 Å². The molecule has 0 bridgehead atoms. The molecule has 180 valence electrons. The first-order valence-electron chi connectivity index (χ1n) is 11.6. The molecule has 0 saturated carbocycles. The fourth-order valence-corrected chi connectivity index (χ4v) is 4.05. The quantitative estimate of drug-likeness (QED) is 0.446. The molecule has 0 aliphatic carbocycles. The first-order chi connectivity index (χ1) is 15.6. The molecular formula is C26H37N3O4. The number of hydrogen-bond donors (Lipinski definition) is 4. The number of aliphatic hydroxyl groups is 1. The molecule has 2 aromatic rings. The lowest BCUT2D eigenvalue weighted by Gasteiger charge is -2.36. The number of nitrogens with one attached hydrogen (secondary N) is 2. The molecule has 7 heteroatoms. The lowest BCUT2D eigenvalue weighted by atomic mass is 9.96. The number of rotatable bonds is 7. The van der Waals surface area contributed by atoms with Crippen LogP contribution in [0.15, 0.2) is 42.5 Å². The van der Waals surface area contributed by atoms with E-state index in [1.807, 2.05) is 63.2 Å². The van der Waals surface area contributed by atoms with Crippen molar-refractivity contribution in [3.05, 3.63) is 53.6 Å². The lowest BCUT2D eigenvalue weighted by Crippen LogP contribution is -2.46. The maximum Gasteiger partial charge on any atom is 0.323 e. The largest absolute Gasteiger partial charge is 0.481 e. The van der Waals surface area contributed by atoms with E-state index in [0.29, 0.717) is 17.8 Å². The van der Waals surface area contributed by atoms with Gasteiger partial charge in [0, 0.05) is 18.7 Å². The maximum absolute atomic E-state index is 12.7. The Hall–Kier alpha value is -3.06. The van der Waals surface area contributed by atoms with Crippen LogP contribution in [0.25, 0.3) is 0 Å². The molecule has 1 aliphatic rings. The van der Waals surface area contributed by atoms with Crippen LogP contribution < -0.4 is 15.5 Å². The minimum absolute atomic E-state index is 0.0182. The summed E-state index contributed by atoms with van der Waals surface area (Å²) >= 11 is 0. The van der Waals surface area contributed by atoms with Crippen molar-refractivity contribution in [3.63, 3.8) is 0 Å². The number of anilines is 3. The summed E-state index contributed by atoms with van der Waals surface area (Å²) in [5, 5.41) is 25.4. The Bertz CT molecular complexity index is 936. The van der Waals surface area contributed by atoms with E-state index in [-0.39, 0.29) is 18.5 Å². The Kier molecular flexibility index (Phi) is 9.29. The lowest BCUT2D eigenvalue weighted by molar-refractivity contribution is -0.136. The van der Waals surface area contributed by atoms with Crippen LogP contribution in [-0.4, -0.2) is 40.4 Å². The van der Waals surface area contributed by atoms with Crippen LogP contribution in [0.5, 0.6) is 0 Å². The van der Waals surface area contributed by atoms with Gasteiger partial charge in [0.2, 0.25) is 0 Å². The predicted octanol–water partition coefficient (Wildman–Crippen LogP) is 5.42. The maximum atomic E-state index is 12.7. The minimum Gasteiger partial charge on any atom is -0.481 e. The number of carbonyl (C=O) groups excluding carboxylic acids is 1. The first kappa shape index (κ1) is 26.2. The smallest absolute Gasteiger partial charge is 0.323 e. The summed E-state index contributed by atoms with van der Waals surface area (Å²) in [6.07, 6.45) is 2.20. The highest BCUT2D eigenvalue weighted by atomic mass is 16.4. The summed E-state index contributed by atoms with van der Waals surface area (Å²) < 4.78 is 0. The van der Waals surface area contributed by atoms with Crippen molar-refractivity contribution in [2.24, 2.45) is 0 Å². The van der Waals surface area contributed by atoms with E-state index in [2.05, 4.69) is 15.5 Å². The summed E-state index contributed by atoms with van der Waals surface area (Å²) in [6, 6.07) is 12.7. The molecule has 7 nitrogen and oxygen atoms in total. The molecule has 1 aliphatic heterocycles. The van der Waals surface area contributed by atoms with Crippen molar-refractivity contribution in [2.75, 3.05) is 22.1 Å². The third-order valence-corrected chi connectivity index (χ3v) is 5.62. The molecule has 4 N–H and O–H groups in total. The van der Waals surface area contributed by atoms with E-state index in [9.17, 15) is 14.7 Å². The number of urea groups is 1. The van der Waals surface area contributed by atoms with Gasteiger partial charge in [0.25, 0.3) is 0 Å². The molecule has 3 rings (SSSR count). The Morgan fingerprint density at radius 1 is 1.09 bits per heavy atom. The van der Waals surface area contributed by atoms with E-state index in [1.54, 1.807) is 13.8 Å². The van der Waals surface area contributed by atoms with Crippen LogP contribution >= 0.6 is 0 Å². The zero-order valence-corrected chi connectivity index (χ0v) is 20.3. The highest BCUT2D eigenvalue weighted by Gasteiger charge is 2.37. The number of benzene rings is 2. The second-order valence-corrected chi connectivity index (χ2v) is 8.70. The van der Waals surface area contributed by atoms with E-state index in [1.165, 1.54) is 0 Å². The monoisotopic (exact) mass is 455 g/mol. The molecule has 2 aromatic carbocycles. The van der Waals surface area contributed by atoms with Crippen LogP contribution in [0.2, 0.25) is 0 Å².